The molecule has 4 nitrogen and oxygen atoms in total. The van der Waals surface area contributed by atoms with Gasteiger partial charge in [-0.15, -0.1) is 11.3 Å². The number of thiazole rings is 1. The van der Waals surface area contributed by atoms with E-state index in [9.17, 15) is 0 Å². The van der Waals surface area contributed by atoms with Crippen LogP contribution in [0.1, 0.15) is 23.9 Å². The molecule has 2 heterocycles. The van der Waals surface area contributed by atoms with Gasteiger partial charge in [-0.3, -0.25) is 0 Å². The first-order chi connectivity index (χ1) is 8.85. The van der Waals surface area contributed by atoms with Crippen molar-refractivity contribution < 1.29 is 9.15 Å². The molecule has 18 heavy (non-hydrogen) atoms. The molecule has 0 bridgehead atoms. The van der Waals surface area contributed by atoms with Crippen molar-refractivity contribution >= 4 is 11.3 Å². The monoisotopic (exact) mass is 266 g/mol. The van der Waals surface area contributed by atoms with Crippen LogP contribution in [0.3, 0.4) is 0 Å². The van der Waals surface area contributed by atoms with E-state index < -0.39 is 0 Å². The van der Waals surface area contributed by atoms with Crippen LogP contribution in [0.2, 0.25) is 0 Å². The van der Waals surface area contributed by atoms with E-state index in [2.05, 4.69) is 17.2 Å². The molecule has 0 saturated carbocycles. The highest BCUT2D eigenvalue weighted by molar-refractivity contribution is 7.15. The van der Waals surface area contributed by atoms with Crippen molar-refractivity contribution in [2.45, 2.75) is 26.5 Å². The molecule has 2 aromatic heterocycles. The summed E-state index contributed by atoms with van der Waals surface area (Å²) < 4.78 is 10.6. The molecule has 0 radical (unpaired) electrons. The molecule has 5 heteroatoms. The number of nitrogens with one attached hydrogen (secondary N) is 1. The Kier molecular flexibility index (Phi) is 4.92. The van der Waals surface area contributed by atoms with Crippen LogP contribution >= 0.6 is 11.3 Å². The van der Waals surface area contributed by atoms with Gasteiger partial charge >= 0.3 is 0 Å². The van der Waals surface area contributed by atoms with Gasteiger partial charge in [0.1, 0.15) is 0 Å². The molecule has 0 aromatic carbocycles. The molecule has 0 aliphatic carbocycles. The predicted molar refractivity (Wildman–Crippen MR) is 72.5 cm³/mol. The Balaban J connectivity index is 2.15. The van der Waals surface area contributed by atoms with Crippen LogP contribution in [0.5, 0.6) is 0 Å². The Bertz CT molecular complexity index is 465. The minimum atomic E-state index is 0.542. The van der Waals surface area contributed by atoms with E-state index in [4.69, 9.17) is 9.15 Å². The number of furan rings is 1. The van der Waals surface area contributed by atoms with Crippen LogP contribution in [0.25, 0.3) is 10.8 Å². The summed E-state index contributed by atoms with van der Waals surface area (Å²) in [6, 6.07) is 3.81. The molecule has 98 valence electrons. The van der Waals surface area contributed by atoms with Crippen molar-refractivity contribution in [3.63, 3.8) is 0 Å². The summed E-state index contributed by atoms with van der Waals surface area (Å²) in [5, 5.41) is 4.31. The number of hydrogen-bond donors (Lipinski definition) is 1. The van der Waals surface area contributed by atoms with E-state index in [0.29, 0.717) is 6.61 Å². The zero-order valence-electron chi connectivity index (χ0n) is 10.7. The largest absolute Gasteiger partial charge is 0.462 e. The Morgan fingerprint density at radius 3 is 3.06 bits per heavy atom. The molecule has 0 atom stereocenters. The van der Waals surface area contributed by atoms with Gasteiger partial charge in [-0.05, 0) is 25.1 Å². The fourth-order valence-corrected chi connectivity index (χ4v) is 2.66. The van der Waals surface area contributed by atoms with E-state index in [1.54, 1.807) is 24.7 Å². The maximum absolute atomic E-state index is 5.38. The quantitative estimate of drug-likeness (QED) is 0.782. The molecule has 0 amide bonds. The normalized spacial score (nSPS) is 11.0. The predicted octanol–water partition coefficient (Wildman–Crippen LogP) is 3.05. The molecular weight excluding hydrogens is 248 g/mol. The summed E-state index contributed by atoms with van der Waals surface area (Å²) in [4.78, 5) is 5.80. The van der Waals surface area contributed by atoms with Crippen LogP contribution < -0.4 is 5.32 Å². The van der Waals surface area contributed by atoms with Gasteiger partial charge in [0, 0.05) is 18.5 Å². The fourth-order valence-electron chi connectivity index (χ4n) is 1.66. The zero-order chi connectivity index (χ0) is 12.8. The third kappa shape index (κ3) is 3.19. The van der Waals surface area contributed by atoms with Crippen LogP contribution in [-0.2, 0) is 17.9 Å². The van der Waals surface area contributed by atoms with Gasteiger partial charge in [-0.25, -0.2) is 4.98 Å². The first-order valence-corrected chi connectivity index (χ1v) is 6.89. The Hall–Kier alpha value is -1.17. The van der Waals surface area contributed by atoms with Gasteiger partial charge in [-0.1, -0.05) is 6.92 Å². The van der Waals surface area contributed by atoms with E-state index in [-0.39, 0.29) is 0 Å². The molecule has 2 aromatic rings. The number of hydrogen-bond acceptors (Lipinski definition) is 5. The summed E-state index contributed by atoms with van der Waals surface area (Å²) in [6.07, 6.45) is 2.80. The number of rotatable bonds is 7. The van der Waals surface area contributed by atoms with Crippen LogP contribution in [-0.4, -0.2) is 18.6 Å². The van der Waals surface area contributed by atoms with Crippen molar-refractivity contribution in [1.82, 2.24) is 10.3 Å². The van der Waals surface area contributed by atoms with Crippen molar-refractivity contribution in [2.75, 3.05) is 13.7 Å². The lowest BCUT2D eigenvalue weighted by Crippen LogP contribution is -2.14. The minimum absolute atomic E-state index is 0.542. The average Bonchev–Trinajstić information content (AvgIpc) is 2.99. The van der Waals surface area contributed by atoms with Gasteiger partial charge in [0.15, 0.2) is 10.8 Å². The Morgan fingerprint density at radius 1 is 1.50 bits per heavy atom. The molecule has 0 unspecified atom stereocenters. The lowest BCUT2D eigenvalue weighted by Gasteiger charge is -2.02. The minimum Gasteiger partial charge on any atom is -0.462 e. The lowest BCUT2D eigenvalue weighted by atomic mass is 10.3. The molecule has 2 rings (SSSR count). The third-order valence-corrected chi connectivity index (χ3v) is 3.62. The van der Waals surface area contributed by atoms with Gasteiger partial charge in [-0.2, -0.15) is 0 Å². The highest BCUT2D eigenvalue weighted by Crippen LogP contribution is 2.28. The lowest BCUT2D eigenvalue weighted by molar-refractivity contribution is 0.181. The summed E-state index contributed by atoms with van der Waals surface area (Å²) in [5.41, 5.74) is 0.998. The summed E-state index contributed by atoms with van der Waals surface area (Å²) in [5.74, 6) is 0.819. The summed E-state index contributed by atoms with van der Waals surface area (Å²) >= 11 is 1.66. The maximum Gasteiger partial charge on any atom is 0.162 e. The smallest absolute Gasteiger partial charge is 0.162 e. The number of ether oxygens (including phenoxy) is 1. The Labute approximate surface area is 111 Å². The van der Waals surface area contributed by atoms with Gasteiger partial charge < -0.3 is 14.5 Å². The second kappa shape index (κ2) is 6.68. The van der Waals surface area contributed by atoms with E-state index >= 15 is 0 Å². The zero-order valence-corrected chi connectivity index (χ0v) is 11.5. The molecule has 0 aliphatic heterocycles. The topological polar surface area (TPSA) is 47.3 Å². The van der Waals surface area contributed by atoms with Crippen molar-refractivity contribution in [3.8, 4) is 10.8 Å². The van der Waals surface area contributed by atoms with E-state index in [1.807, 2.05) is 12.1 Å². The Morgan fingerprint density at radius 2 is 2.39 bits per heavy atom. The second-order valence-corrected chi connectivity index (χ2v) is 5.06. The number of aromatic nitrogens is 1. The molecule has 1 N–H and O–H groups in total. The van der Waals surface area contributed by atoms with Crippen molar-refractivity contribution in [1.29, 1.82) is 0 Å². The van der Waals surface area contributed by atoms with Gasteiger partial charge in [0.05, 0.1) is 18.6 Å². The number of methoxy groups -OCH3 is 1. The molecule has 0 aliphatic rings. The molecular formula is C13H18N2O2S. The summed E-state index contributed by atoms with van der Waals surface area (Å²) in [7, 11) is 1.69. The SMILES string of the molecule is CCCNCc1sc(-c2ccco2)nc1COC. The number of nitrogens with zero attached hydrogens (tertiary/aromatic N) is 1. The first-order valence-electron chi connectivity index (χ1n) is 6.07. The first kappa shape index (κ1) is 13.3. The summed E-state index contributed by atoms with van der Waals surface area (Å²) in [6.45, 7) is 4.55. The van der Waals surface area contributed by atoms with Crippen molar-refractivity contribution in [3.05, 3.63) is 29.0 Å². The maximum atomic E-state index is 5.38. The molecule has 0 spiro atoms. The van der Waals surface area contributed by atoms with Crippen LogP contribution in [0.4, 0.5) is 0 Å². The highest BCUT2D eigenvalue weighted by atomic mass is 32.1. The molecule has 0 saturated heterocycles. The van der Waals surface area contributed by atoms with Crippen LogP contribution in [0.15, 0.2) is 22.8 Å². The van der Waals surface area contributed by atoms with Gasteiger partial charge in [0.25, 0.3) is 0 Å². The molecule has 0 fully saturated rings. The fraction of sp³-hybridized carbons (Fsp3) is 0.462. The van der Waals surface area contributed by atoms with Gasteiger partial charge in [0.2, 0.25) is 0 Å². The highest BCUT2D eigenvalue weighted by Gasteiger charge is 2.13. The third-order valence-electron chi connectivity index (χ3n) is 2.50. The van der Waals surface area contributed by atoms with E-state index in [0.717, 1.165) is 36.0 Å². The second-order valence-electron chi connectivity index (χ2n) is 3.98. The van der Waals surface area contributed by atoms with Crippen LogP contribution in [0, 0.1) is 0 Å². The standard InChI is InChI=1S/C13H18N2O2S/c1-3-6-14-8-12-10(9-16-2)15-13(18-12)11-5-4-7-17-11/h4-5,7,14H,3,6,8-9H2,1-2H3. The van der Waals surface area contributed by atoms with E-state index in [1.165, 1.54) is 4.88 Å². The average molecular weight is 266 g/mol. The van der Waals surface area contributed by atoms with Crippen molar-refractivity contribution in [2.24, 2.45) is 0 Å².